The van der Waals surface area contributed by atoms with E-state index in [4.69, 9.17) is 16.7 Å². The van der Waals surface area contributed by atoms with Gasteiger partial charge in [-0.15, -0.1) is 0 Å². The van der Waals surface area contributed by atoms with E-state index < -0.39 is 10.0 Å². The molecule has 0 fully saturated rings. The minimum absolute atomic E-state index is 0.0840. The lowest BCUT2D eigenvalue weighted by molar-refractivity contribution is 0.595. The van der Waals surface area contributed by atoms with E-state index in [-0.39, 0.29) is 10.9 Å². The molecule has 2 aromatic rings. The smallest absolute Gasteiger partial charge is 0.255 e. The molecule has 0 radical (unpaired) electrons. The lowest BCUT2D eigenvalue weighted by atomic mass is 10.4. The molecule has 0 aromatic carbocycles. The maximum Gasteiger partial charge on any atom is 0.255 e. The summed E-state index contributed by atoms with van der Waals surface area (Å²) in [5.74, 6) is 0.882. The van der Waals surface area contributed by atoms with Crippen LogP contribution in [0.15, 0.2) is 12.4 Å². The van der Waals surface area contributed by atoms with E-state index in [1.54, 1.807) is 6.07 Å². The predicted octanol–water partition coefficient (Wildman–Crippen LogP) is -0.132. The summed E-state index contributed by atoms with van der Waals surface area (Å²) in [7, 11) is -3.43. The third kappa shape index (κ3) is 3.28. The second-order valence-corrected chi connectivity index (χ2v) is 5.70. The van der Waals surface area contributed by atoms with E-state index in [9.17, 15) is 8.42 Å². The highest BCUT2D eigenvalue weighted by atomic mass is 35.5. The number of fused-ring (bicyclic) bond motifs is 1. The largest absolute Gasteiger partial charge is 0.370 e. The highest BCUT2D eigenvalue weighted by Gasteiger charge is 2.06. The number of hydrogen-bond acceptors (Lipinski definition) is 6. The van der Waals surface area contributed by atoms with Gasteiger partial charge in [0.2, 0.25) is 10.0 Å². The van der Waals surface area contributed by atoms with Gasteiger partial charge in [0.05, 0.1) is 5.75 Å². The van der Waals surface area contributed by atoms with Crippen LogP contribution >= 0.6 is 11.6 Å². The summed E-state index contributed by atoms with van der Waals surface area (Å²) in [6, 6.07) is 1.58. The Labute approximate surface area is 108 Å². The van der Waals surface area contributed by atoms with Gasteiger partial charge in [0.1, 0.15) is 17.3 Å². The quantitative estimate of drug-likeness (QED) is 0.585. The molecule has 98 valence electrons. The van der Waals surface area contributed by atoms with Crippen molar-refractivity contribution >= 4 is 33.2 Å². The zero-order valence-corrected chi connectivity index (χ0v) is 10.8. The molecule has 0 aliphatic carbocycles. The average Bonchev–Trinajstić information content (AvgIpc) is 2.70. The van der Waals surface area contributed by atoms with Crippen molar-refractivity contribution in [2.75, 3.05) is 17.6 Å². The highest BCUT2D eigenvalue weighted by Crippen LogP contribution is 2.14. The first-order chi connectivity index (χ1) is 8.46. The van der Waals surface area contributed by atoms with E-state index >= 15 is 0 Å². The Morgan fingerprint density at radius 1 is 1.50 bits per heavy atom. The van der Waals surface area contributed by atoms with Crippen molar-refractivity contribution in [2.45, 2.75) is 6.42 Å². The Morgan fingerprint density at radius 3 is 3.00 bits per heavy atom. The maximum absolute atomic E-state index is 10.8. The van der Waals surface area contributed by atoms with E-state index in [1.807, 2.05) is 0 Å². The molecular formula is C8H11ClN6O2S. The van der Waals surface area contributed by atoms with Gasteiger partial charge in [-0.2, -0.15) is 19.6 Å². The summed E-state index contributed by atoms with van der Waals surface area (Å²) >= 11 is 5.82. The number of rotatable bonds is 5. The van der Waals surface area contributed by atoms with Gasteiger partial charge in [0.15, 0.2) is 0 Å². The summed E-state index contributed by atoms with van der Waals surface area (Å²) in [5, 5.41) is 12.2. The fraction of sp³-hybridized carbons (Fsp3) is 0.375. The van der Waals surface area contributed by atoms with Crippen LogP contribution in [-0.2, 0) is 10.0 Å². The van der Waals surface area contributed by atoms with Gasteiger partial charge >= 0.3 is 0 Å². The number of halogens is 1. The zero-order chi connectivity index (χ0) is 13.2. The molecule has 18 heavy (non-hydrogen) atoms. The van der Waals surface area contributed by atoms with Crippen molar-refractivity contribution in [3.05, 3.63) is 17.5 Å². The van der Waals surface area contributed by atoms with E-state index in [2.05, 4.69) is 20.4 Å². The molecule has 3 N–H and O–H groups in total. The van der Waals surface area contributed by atoms with Gasteiger partial charge in [0.25, 0.3) is 5.78 Å². The van der Waals surface area contributed by atoms with Gasteiger partial charge in [-0.1, -0.05) is 11.6 Å². The Morgan fingerprint density at radius 2 is 2.28 bits per heavy atom. The molecule has 0 saturated heterocycles. The molecule has 0 atom stereocenters. The lowest BCUT2D eigenvalue weighted by Gasteiger charge is -2.07. The van der Waals surface area contributed by atoms with Crippen LogP contribution in [0.3, 0.4) is 0 Å². The first-order valence-corrected chi connectivity index (χ1v) is 7.16. The molecule has 2 heterocycles. The minimum Gasteiger partial charge on any atom is -0.370 e. The van der Waals surface area contributed by atoms with Crippen LogP contribution in [0.1, 0.15) is 6.42 Å². The third-order valence-corrected chi connectivity index (χ3v) is 3.18. The van der Waals surface area contributed by atoms with Gasteiger partial charge in [-0.25, -0.2) is 13.6 Å². The van der Waals surface area contributed by atoms with Gasteiger partial charge in [-0.05, 0) is 6.42 Å². The van der Waals surface area contributed by atoms with Crippen molar-refractivity contribution in [1.82, 2.24) is 19.6 Å². The topological polar surface area (TPSA) is 115 Å². The first kappa shape index (κ1) is 13.0. The Hall–Kier alpha value is -1.45. The molecule has 0 amide bonds. The highest BCUT2D eigenvalue weighted by molar-refractivity contribution is 7.89. The number of primary sulfonamides is 1. The van der Waals surface area contributed by atoms with Gasteiger partial charge in [-0.3, -0.25) is 0 Å². The SMILES string of the molecule is NS(=O)(=O)CCCNc1cc(Cl)nc2ncnn12. The lowest BCUT2D eigenvalue weighted by Crippen LogP contribution is -2.19. The minimum atomic E-state index is -3.43. The van der Waals surface area contributed by atoms with Gasteiger partial charge in [0, 0.05) is 12.6 Å². The van der Waals surface area contributed by atoms with Crippen molar-refractivity contribution in [1.29, 1.82) is 0 Å². The van der Waals surface area contributed by atoms with Crippen LogP contribution in [0.5, 0.6) is 0 Å². The van der Waals surface area contributed by atoms with Crippen LogP contribution in [0.2, 0.25) is 5.15 Å². The van der Waals surface area contributed by atoms with E-state index in [0.717, 1.165) is 0 Å². The standard InChI is InChI=1S/C8H11ClN6O2S/c9-6-4-7(11-2-1-3-18(10,16)17)15-8(14-6)12-5-13-15/h4-5,11H,1-3H2,(H2,10,16,17). The molecule has 0 unspecified atom stereocenters. The molecule has 2 aromatic heterocycles. The van der Waals surface area contributed by atoms with Crippen LogP contribution in [0.25, 0.3) is 5.78 Å². The fourth-order valence-electron chi connectivity index (χ4n) is 1.40. The number of nitrogens with two attached hydrogens (primary N) is 1. The maximum atomic E-state index is 10.8. The van der Waals surface area contributed by atoms with Gasteiger partial charge < -0.3 is 5.32 Å². The molecule has 0 saturated carbocycles. The van der Waals surface area contributed by atoms with Crippen LogP contribution in [-0.4, -0.2) is 40.3 Å². The zero-order valence-electron chi connectivity index (χ0n) is 9.24. The van der Waals surface area contributed by atoms with Crippen LogP contribution in [0, 0.1) is 0 Å². The number of anilines is 1. The third-order valence-electron chi connectivity index (χ3n) is 2.13. The first-order valence-electron chi connectivity index (χ1n) is 5.06. The predicted molar refractivity (Wildman–Crippen MR) is 66.9 cm³/mol. The molecule has 0 aliphatic rings. The second kappa shape index (κ2) is 5.04. The van der Waals surface area contributed by atoms with Crippen molar-refractivity contribution < 1.29 is 8.42 Å². The summed E-state index contributed by atoms with van der Waals surface area (Å²) in [4.78, 5) is 7.87. The second-order valence-electron chi connectivity index (χ2n) is 3.58. The average molecular weight is 291 g/mol. The van der Waals surface area contributed by atoms with Crippen molar-refractivity contribution in [3.8, 4) is 0 Å². The summed E-state index contributed by atoms with van der Waals surface area (Å²) in [6.45, 7) is 0.422. The van der Waals surface area contributed by atoms with E-state index in [0.29, 0.717) is 24.6 Å². The molecule has 0 spiro atoms. The van der Waals surface area contributed by atoms with Crippen LogP contribution in [0.4, 0.5) is 5.82 Å². The number of nitrogens with one attached hydrogen (secondary N) is 1. The normalized spacial score (nSPS) is 11.9. The Bertz CT molecular complexity index is 655. The molecule has 10 heteroatoms. The molecule has 8 nitrogen and oxygen atoms in total. The van der Waals surface area contributed by atoms with Crippen LogP contribution < -0.4 is 10.5 Å². The Balaban J connectivity index is 2.05. The summed E-state index contributed by atoms with van der Waals surface area (Å²) < 4.78 is 23.0. The molecule has 0 aliphatic heterocycles. The van der Waals surface area contributed by atoms with Crippen molar-refractivity contribution in [2.24, 2.45) is 5.14 Å². The number of sulfonamides is 1. The monoisotopic (exact) mass is 290 g/mol. The number of nitrogens with zero attached hydrogens (tertiary/aromatic N) is 4. The molecule has 2 rings (SSSR count). The van der Waals surface area contributed by atoms with Crippen molar-refractivity contribution in [3.63, 3.8) is 0 Å². The number of hydrogen-bond donors (Lipinski definition) is 2. The molecular weight excluding hydrogens is 280 g/mol. The fourth-order valence-corrected chi connectivity index (χ4v) is 2.12. The molecule has 0 bridgehead atoms. The number of aromatic nitrogens is 4. The Kier molecular flexibility index (Phi) is 3.64. The van der Waals surface area contributed by atoms with E-state index in [1.165, 1.54) is 10.8 Å². The summed E-state index contributed by atoms with van der Waals surface area (Å²) in [6.07, 6.45) is 1.74. The summed E-state index contributed by atoms with van der Waals surface area (Å²) in [5.41, 5.74) is 0.